The number of carbonyl (C=O) groups excluding carboxylic acids is 1. The number of nitrogens with one attached hydrogen (secondary N) is 1. The summed E-state index contributed by atoms with van der Waals surface area (Å²) < 4.78 is 0. The molecule has 148 valence electrons. The van der Waals surface area contributed by atoms with Crippen molar-refractivity contribution in [1.82, 2.24) is 15.0 Å². The summed E-state index contributed by atoms with van der Waals surface area (Å²) in [7, 11) is 0. The van der Waals surface area contributed by atoms with Crippen molar-refractivity contribution in [1.29, 1.82) is 0 Å². The van der Waals surface area contributed by atoms with Crippen LogP contribution >= 0.6 is 0 Å². The summed E-state index contributed by atoms with van der Waals surface area (Å²) in [5, 5.41) is 2.93. The minimum absolute atomic E-state index is 0.245. The smallest absolute Gasteiger partial charge is 0.275 e. The molecule has 2 aromatic heterocycles. The number of aryl methyl sites for hydroxylation is 1. The number of hydrogen-bond donors (Lipinski definition) is 1. The number of rotatable bonds is 5. The van der Waals surface area contributed by atoms with Crippen LogP contribution in [0.3, 0.4) is 0 Å². The number of aromatic nitrogens is 3. The minimum atomic E-state index is -0.245. The predicted molar refractivity (Wildman–Crippen MR) is 114 cm³/mol. The molecule has 3 heterocycles. The molecule has 1 N–H and O–H groups in total. The van der Waals surface area contributed by atoms with Crippen LogP contribution in [0.4, 0.5) is 17.3 Å². The van der Waals surface area contributed by atoms with E-state index in [1.165, 1.54) is 0 Å². The number of pyridine rings is 1. The zero-order valence-electron chi connectivity index (χ0n) is 16.5. The van der Waals surface area contributed by atoms with Gasteiger partial charge in [0, 0.05) is 38.1 Å². The molecule has 1 saturated heterocycles. The largest absolute Gasteiger partial charge is 0.353 e. The van der Waals surface area contributed by atoms with Crippen LogP contribution in [-0.2, 0) is 6.42 Å². The van der Waals surface area contributed by atoms with Crippen LogP contribution in [0.2, 0.25) is 0 Å². The first-order chi connectivity index (χ1) is 14.2. The van der Waals surface area contributed by atoms with Crippen molar-refractivity contribution in [3.63, 3.8) is 0 Å². The lowest BCUT2D eigenvalue weighted by atomic mass is 10.1. The molecule has 4 rings (SSSR count). The Bertz CT molecular complexity index is 953. The van der Waals surface area contributed by atoms with E-state index in [1.807, 2.05) is 48.7 Å². The molecule has 3 aromatic rings. The van der Waals surface area contributed by atoms with Gasteiger partial charge in [-0.25, -0.2) is 15.0 Å². The van der Waals surface area contributed by atoms with Gasteiger partial charge < -0.3 is 15.1 Å². The maximum atomic E-state index is 12.5. The molecule has 0 spiro atoms. The molecular weight excluding hydrogens is 364 g/mol. The van der Waals surface area contributed by atoms with Gasteiger partial charge in [0.1, 0.15) is 17.3 Å². The van der Waals surface area contributed by atoms with Crippen molar-refractivity contribution >= 4 is 23.2 Å². The van der Waals surface area contributed by atoms with Gasteiger partial charge in [-0.2, -0.15) is 0 Å². The van der Waals surface area contributed by atoms with Crippen LogP contribution in [0, 0.1) is 0 Å². The van der Waals surface area contributed by atoms with Gasteiger partial charge in [-0.15, -0.1) is 0 Å². The number of benzene rings is 1. The molecule has 1 fully saturated rings. The molecule has 1 aliphatic heterocycles. The highest BCUT2D eigenvalue weighted by atomic mass is 16.1. The number of para-hydroxylation sites is 1. The maximum Gasteiger partial charge on any atom is 0.275 e. The van der Waals surface area contributed by atoms with Gasteiger partial charge in [-0.1, -0.05) is 31.2 Å². The van der Waals surface area contributed by atoms with E-state index in [-0.39, 0.29) is 5.91 Å². The van der Waals surface area contributed by atoms with E-state index >= 15 is 0 Å². The van der Waals surface area contributed by atoms with Gasteiger partial charge in [0.05, 0.1) is 12.4 Å². The first-order valence-corrected chi connectivity index (χ1v) is 9.87. The lowest BCUT2D eigenvalue weighted by molar-refractivity contribution is 0.102. The van der Waals surface area contributed by atoms with E-state index in [0.29, 0.717) is 5.69 Å². The Hall–Kier alpha value is -3.48. The number of anilines is 3. The molecule has 0 aliphatic carbocycles. The van der Waals surface area contributed by atoms with E-state index in [1.54, 1.807) is 12.4 Å². The highest BCUT2D eigenvalue weighted by Gasteiger charge is 2.19. The summed E-state index contributed by atoms with van der Waals surface area (Å²) in [5.74, 6) is 1.54. The van der Waals surface area contributed by atoms with Crippen molar-refractivity contribution in [2.24, 2.45) is 0 Å². The quantitative estimate of drug-likeness (QED) is 0.724. The van der Waals surface area contributed by atoms with Crippen LogP contribution in [0.15, 0.2) is 61.1 Å². The monoisotopic (exact) mass is 388 g/mol. The third-order valence-electron chi connectivity index (χ3n) is 5.09. The molecule has 0 unspecified atom stereocenters. The fraction of sp³-hybridized carbons (Fsp3) is 0.273. The molecule has 1 amide bonds. The molecule has 0 saturated carbocycles. The number of piperazine rings is 1. The van der Waals surface area contributed by atoms with Crippen LogP contribution in [-0.4, -0.2) is 47.0 Å². The van der Waals surface area contributed by atoms with E-state index in [9.17, 15) is 4.79 Å². The van der Waals surface area contributed by atoms with Crippen LogP contribution in [0.25, 0.3) is 0 Å². The Labute approximate surface area is 170 Å². The highest BCUT2D eigenvalue weighted by Crippen LogP contribution is 2.18. The molecule has 7 nitrogen and oxygen atoms in total. The van der Waals surface area contributed by atoms with E-state index in [2.05, 4.69) is 37.0 Å². The Morgan fingerprint density at radius 2 is 1.62 bits per heavy atom. The van der Waals surface area contributed by atoms with Crippen molar-refractivity contribution < 1.29 is 4.79 Å². The number of amides is 1. The SMILES string of the molecule is CCc1ccccc1NC(=O)c1cnc(N2CCN(c3ccccn3)CC2)cn1. The van der Waals surface area contributed by atoms with Crippen LogP contribution in [0.1, 0.15) is 23.0 Å². The minimum Gasteiger partial charge on any atom is -0.353 e. The summed E-state index contributed by atoms with van der Waals surface area (Å²) >= 11 is 0. The third kappa shape index (κ3) is 4.34. The molecule has 29 heavy (non-hydrogen) atoms. The fourth-order valence-corrected chi connectivity index (χ4v) is 3.44. The number of carbonyl (C=O) groups is 1. The summed E-state index contributed by atoms with van der Waals surface area (Å²) in [6, 6.07) is 13.7. The van der Waals surface area contributed by atoms with E-state index < -0.39 is 0 Å². The standard InChI is InChI=1S/C22H24N6O/c1-2-17-7-3-4-8-18(17)26-22(29)19-15-25-21(16-24-19)28-13-11-27(12-14-28)20-9-5-6-10-23-20/h3-10,15-16H,2,11-14H2,1H3,(H,26,29). The van der Waals surface area contributed by atoms with Gasteiger partial charge in [0.25, 0.3) is 5.91 Å². The zero-order chi connectivity index (χ0) is 20.1. The second kappa shape index (κ2) is 8.68. The summed E-state index contributed by atoms with van der Waals surface area (Å²) in [5.41, 5.74) is 2.22. The van der Waals surface area contributed by atoms with Crippen molar-refractivity contribution in [2.75, 3.05) is 41.3 Å². The Balaban J connectivity index is 1.37. The Kier molecular flexibility index (Phi) is 5.65. The lowest BCUT2D eigenvalue weighted by Crippen LogP contribution is -2.47. The Morgan fingerprint density at radius 3 is 2.28 bits per heavy atom. The first-order valence-electron chi connectivity index (χ1n) is 9.87. The second-order valence-electron chi connectivity index (χ2n) is 6.89. The van der Waals surface area contributed by atoms with Gasteiger partial charge in [-0.05, 0) is 30.2 Å². The van der Waals surface area contributed by atoms with Gasteiger partial charge >= 0.3 is 0 Å². The molecule has 0 radical (unpaired) electrons. The van der Waals surface area contributed by atoms with Crippen molar-refractivity contribution in [3.8, 4) is 0 Å². The van der Waals surface area contributed by atoms with Crippen molar-refractivity contribution in [2.45, 2.75) is 13.3 Å². The first kappa shape index (κ1) is 18.9. The Morgan fingerprint density at radius 1 is 0.897 bits per heavy atom. The summed E-state index contributed by atoms with van der Waals surface area (Å²) in [6.07, 6.45) is 5.89. The lowest BCUT2D eigenvalue weighted by Gasteiger charge is -2.35. The predicted octanol–water partition coefficient (Wildman–Crippen LogP) is 3.01. The fourth-order valence-electron chi connectivity index (χ4n) is 3.44. The topological polar surface area (TPSA) is 74.2 Å². The summed E-state index contributed by atoms with van der Waals surface area (Å²) in [6.45, 7) is 5.47. The maximum absolute atomic E-state index is 12.5. The van der Waals surface area contributed by atoms with Gasteiger partial charge in [0.2, 0.25) is 0 Å². The molecule has 0 bridgehead atoms. The molecule has 0 atom stereocenters. The zero-order valence-corrected chi connectivity index (χ0v) is 16.5. The molecule has 1 aliphatic rings. The summed E-state index contributed by atoms with van der Waals surface area (Å²) in [4.78, 5) is 30.2. The average Bonchev–Trinajstić information content (AvgIpc) is 2.80. The second-order valence-corrected chi connectivity index (χ2v) is 6.89. The van der Waals surface area contributed by atoms with Gasteiger partial charge in [0.15, 0.2) is 0 Å². The van der Waals surface area contributed by atoms with Gasteiger partial charge in [-0.3, -0.25) is 4.79 Å². The highest BCUT2D eigenvalue weighted by molar-refractivity contribution is 6.03. The molecular formula is C22H24N6O. The third-order valence-corrected chi connectivity index (χ3v) is 5.09. The van der Waals surface area contributed by atoms with Crippen LogP contribution in [0.5, 0.6) is 0 Å². The average molecular weight is 388 g/mol. The normalized spacial score (nSPS) is 14.0. The number of hydrogen-bond acceptors (Lipinski definition) is 6. The molecule has 1 aromatic carbocycles. The van der Waals surface area contributed by atoms with E-state index in [4.69, 9.17) is 0 Å². The molecule has 7 heteroatoms. The van der Waals surface area contributed by atoms with Crippen LogP contribution < -0.4 is 15.1 Å². The van der Waals surface area contributed by atoms with Crippen molar-refractivity contribution in [3.05, 3.63) is 72.3 Å². The van der Waals surface area contributed by atoms with E-state index in [0.717, 1.165) is 55.5 Å². The number of nitrogens with zero attached hydrogens (tertiary/aromatic N) is 5.